The predicted octanol–water partition coefficient (Wildman–Crippen LogP) is 3.37. The van der Waals surface area contributed by atoms with Gasteiger partial charge in [0, 0.05) is 22.0 Å². The molecule has 0 amide bonds. The van der Waals surface area contributed by atoms with Gasteiger partial charge in [-0.2, -0.15) is 13.2 Å². The Bertz CT molecular complexity index is 1080. The molecular weight excluding hydrogens is 399 g/mol. The fourth-order valence-corrected chi connectivity index (χ4v) is 2.88. The van der Waals surface area contributed by atoms with Gasteiger partial charge in [-0.25, -0.2) is 13.2 Å². The largest absolute Gasteiger partial charge is 0.490 e. The van der Waals surface area contributed by atoms with E-state index in [2.05, 4.69) is 14.7 Å². The molecule has 1 aromatic carbocycles. The number of halogens is 4. The van der Waals surface area contributed by atoms with Crippen LogP contribution in [0.2, 0.25) is 5.02 Å². The van der Waals surface area contributed by atoms with E-state index in [1.165, 1.54) is 0 Å². The third-order valence-corrected chi connectivity index (χ3v) is 3.82. The topological polar surface area (TPSA) is 112 Å². The molecule has 12 heteroatoms. The number of alkyl halides is 3. The van der Waals surface area contributed by atoms with Gasteiger partial charge in [0.1, 0.15) is 0 Å². The summed E-state index contributed by atoms with van der Waals surface area (Å²) in [5.74, 6) is -2.76. The Kier molecular flexibility index (Phi) is 5.33. The van der Waals surface area contributed by atoms with Gasteiger partial charge in [-0.3, -0.25) is 9.71 Å². The zero-order chi connectivity index (χ0) is 19.7. The molecule has 3 aromatic rings. The summed E-state index contributed by atoms with van der Waals surface area (Å²) >= 11 is 6.05. The van der Waals surface area contributed by atoms with E-state index >= 15 is 0 Å². The Hall–Kier alpha value is -2.53. The molecule has 7 nitrogen and oxygen atoms in total. The summed E-state index contributed by atoms with van der Waals surface area (Å²) in [5, 5.41) is 9.40. The van der Waals surface area contributed by atoms with Crippen molar-refractivity contribution in [3.63, 3.8) is 0 Å². The summed E-state index contributed by atoms with van der Waals surface area (Å²) in [4.78, 5) is 16.1. The van der Waals surface area contributed by atoms with E-state index in [-0.39, 0.29) is 0 Å². The Morgan fingerprint density at radius 3 is 2.46 bits per heavy atom. The first kappa shape index (κ1) is 19.8. The molecule has 26 heavy (non-hydrogen) atoms. The number of rotatable bonds is 2. The Morgan fingerprint density at radius 1 is 1.31 bits per heavy atom. The van der Waals surface area contributed by atoms with Crippen molar-refractivity contribution in [2.24, 2.45) is 0 Å². The highest BCUT2D eigenvalue weighted by Gasteiger charge is 2.38. The van der Waals surface area contributed by atoms with Crippen LogP contribution >= 0.6 is 11.6 Å². The Balaban J connectivity index is 0.000000298. The van der Waals surface area contributed by atoms with Crippen molar-refractivity contribution < 1.29 is 31.5 Å². The number of nitrogens with zero attached hydrogens (tertiary/aromatic N) is 1. The second kappa shape index (κ2) is 7.00. The van der Waals surface area contributed by atoms with Crippen LogP contribution in [0.3, 0.4) is 0 Å². The third kappa shape index (κ3) is 4.76. The molecule has 0 atom stereocenters. The number of aromatic nitrogens is 2. The van der Waals surface area contributed by atoms with Crippen molar-refractivity contribution in [2.45, 2.75) is 6.18 Å². The van der Waals surface area contributed by atoms with Gasteiger partial charge in [0.25, 0.3) is 0 Å². The van der Waals surface area contributed by atoms with Crippen LogP contribution in [-0.2, 0) is 14.8 Å². The summed E-state index contributed by atoms with van der Waals surface area (Å²) < 4.78 is 57.0. The number of fused-ring (bicyclic) bond motifs is 3. The van der Waals surface area contributed by atoms with Crippen molar-refractivity contribution in [3.8, 4) is 0 Å². The number of aliphatic carboxylic acids is 1. The van der Waals surface area contributed by atoms with Gasteiger partial charge in [-0.15, -0.1) is 0 Å². The smallest absolute Gasteiger partial charge is 0.475 e. The van der Waals surface area contributed by atoms with Gasteiger partial charge in [0.05, 0.1) is 29.2 Å². The highest BCUT2D eigenvalue weighted by Crippen LogP contribution is 2.33. The minimum atomic E-state index is -5.08. The number of aromatic amines is 1. The van der Waals surface area contributed by atoms with Crippen molar-refractivity contribution in [1.29, 1.82) is 0 Å². The van der Waals surface area contributed by atoms with E-state index in [4.69, 9.17) is 21.5 Å². The summed E-state index contributed by atoms with van der Waals surface area (Å²) in [6.07, 6.45) is -0.613. The number of carboxylic acid groups (broad SMARTS) is 1. The molecule has 0 bridgehead atoms. The molecule has 0 radical (unpaired) electrons. The standard InChI is InChI=1S/C12H10ClN3O2S.C2HF3O2/c1-19(17,18)16-10-5-7(13)4-9-8-2-3-14-6-11(8)15-12(9)10;3-2(4,5)1(6)7/h2-6,15-16H,1H3;(H,6,7). The molecule has 0 aliphatic rings. The number of hydrogen-bond acceptors (Lipinski definition) is 4. The van der Waals surface area contributed by atoms with E-state index in [0.29, 0.717) is 16.2 Å². The first-order chi connectivity index (χ1) is 11.9. The van der Waals surface area contributed by atoms with Gasteiger partial charge < -0.3 is 10.1 Å². The SMILES string of the molecule is CS(=O)(=O)Nc1cc(Cl)cc2c1[nH]c1cnccc12.O=C(O)C(F)(F)F. The van der Waals surface area contributed by atoms with Crippen LogP contribution < -0.4 is 4.72 Å². The van der Waals surface area contributed by atoms with E-state index in [0.717, 1.165) is 22.5 Å². The quantitative estimate of drug-likeness (QED) is 0.600. The highest BCUT2D eigenvalue weighted by atomic mass is 35.5. The number of carbonyl (C=O) groups is 1. The summed E-state index contributed by atoms with van der Waals surface area (Å²) in [6, 6.07) is 5.23. The molecule has 3 rings (SSSR count). The van der Waals surface area contributed by atoms with Crippen LogP contribution in [-0.4, -0.2) is 41.9 Å². The van der Waals surface area contributed by atoms with E-state index < -0.39 is 22.2 Å². The van der Waals surface area contributed by atoms with E-state index in [1.807, 2.05) is 6.07 Å². The lowest BCUT2D eigenvalue weighted by Gasteiger charge is -2.06. The molecule has 3 N–H and O–H groups in total. The lowest BCUT2D eigenvalue weighted by Crippen LogP contribution is -2.21. The molecule has 0 saturated heterocycles. The molecule has 0 spiro atoms. The minimum Gasteiger partial charge on any atom is -0.475 e. The predicted molar refractivity (Wildman–Crippen MR) is 90.8 cm³/mol. The van der Waals surface area contributed by atoms with Gasteiger partial charge in [0.15, 0.2) is 0 Å². The Labute approximate surface area is 149 Å². The number of nitrogens with one attached hydrogen (secondary N) is 2. The van der Waals surface area contributed by atoms with Gasteiger partial charge in [0.2, 0.25) is 10.0 Å². The van der Waals surface area contributed by atoms with E-state index in [1.54, 1.807) is 24.5 Å². The van der Waals surface area contributed by atoms with Crippen molar-refractivity contribution in [2.75, 3.05) is 11.0 Å². The fraction of sp³-hybridized carbons (Fsp3) is 0.143. The summed E-state index contributed by atoms with van der Waals surface area (Å²) in [5.41, 5.74) is 1.95. The zero-order valence-corrected chi connectivity index (χ0v) is 14.5. The number of benzene rings is 1. The maximum atomic E-state index is 11.4. The lowest BCUT2D eigenvalue weighted by atomic mass is 10.2. The van der Waals surface area contributed by atoms with Crippen LogP contribution in [0.1, 0.15) is 0 Å². The number of sulfonamides is 1. The van der Waals surface area contributed by atoms with Crippen LogP contribution in [0.15, 0.2) is 30.6 Å². The average Bonchev–Trinajstić information content (AvgIpc) is 2.84. The fourth-order valence-electron chi connectivity index (χ4n) is 2.10. The van der Waals surface area contributed by atoms with Crippen LogP contribution in [0, 0.1) is 0 Å². The Morgan fingerprint density at radius 2 is 1.92 bits per heavy atom. The van der Waals surface area contributed by atoms with Crippen molar-refractivity contribution >= 4 is 55.1 Å². The monoisotopic (exact) mass is 409 g/mol. The van der Waals surface area contributed by atoms with Crippen LogP contribution in [0.4, 0.5) is 18.9 Å². The summed E-state index contributed by atoms with van der Waals surface area (Å²) in [6.45, 7) is 0. The molecule has 0 aliphatic carbocycles. The van der Waals surface area contributed by atoms with Gasteiger partial charge in [-0.1, -0.05) is 11.6 Å². The van der Waals surface area contributed by atoms with Crippen molar-refractivity contribution in [1.82, 2.24) is 9.97 Å². The summed E-state index contributed by atoms with van der Waals surface area (Å²) in [7, 11) is -3.37. The number of hydrogen-bond donors (Lipinski definition) is 3. The lowest BCUT2D eigenvalue weighted by molar-refractivity contribution is -0.192. The molecule has 0 saturated carbocycles. The first-order valence-corrected chi connectivity index (χ1v) is 8.98. The molecular formula is C14H11ClF3N3O4S. The molecule has 140 valence electrons. The highest BCUT2D eigenvalue weighted by molar-refractivity contribution is 7.92. The first-order valence-electron chi connectivity index (χ1n) is 6.71. The second-order valence-electron chi connectivity index (χ2n) is 5.10. The molecule has 2 heterocycles. The van der Waals surface area contributed by atoms with Crippen molar-refractivity contribution in [3.05, 3.63) is 35.6 Å². The zero-order valence-electron chi connectivity index (χ0n) is 12.9. The molecule has 2 aromatic heterocycles. The van der Waals surface area contributed by atoms with Crippen LogP contribution in [0.5, 0.6) is 0 Å². The molecule has 0 fully saturated rings. The van der Waals surface area contributed by atoms with Gasteiger partial charge >= 0.3 is 12.1 Å². The maximum Gasteiger partial charge on any atom is 0.490 e. The van der Waals surface area contributed by atoms with E-state index in [9.17, 15) is 21.6 Å². The second-order valence-corrected chi connectivity index (χ2v) is 7.28. The third-order valence-electron chi connectivity index (χ3n) is 3.01. The average molecular weight is 410 g/mol. The molecule has 0 unspecified atom stereocenters. The number of carboxylic acids is 1. The maximum absolute atomic E-state index is 11.4. The van der Waals surface area contributed by atoms with Crippen LogP contribution in [0.25, 0.3) is 21.8 Å². The number of pyridine rings is 1. The minimum absolute atomic E-state index is 0.432. The van der Waals surface area contributed by atoms with Gasteiger partial charge in [-0.05, 0) is 18.2 Å². The number of H-pyrrole nitrogens is 1. The molecule has 0 aliphatic heterocycles. The normalized spacial score (nSPS) is 11.9. The number of anilines is 1.